The van der Waals surface area contributed by atoms with Crippen LogP contribution in [-0.4, -0.2) is 37.4 Å². The zero-order valence-corrected chi connectivity index (χ0v) is 15.1. The van der Waals surface area contributed by atoms with Crippen LogP contribution in [0.25, 0.3) is 10.2 Å². The maximum atomic E-state index is 12.9. The number of rotatable bonds is 5. The van der Waals surface area contributed by atoms with E-state index in [1.54, 1.807) is 19.2 Å². The maximum Gasteiger partial charge on any atom is 0.319 e. The summed E-state index contributed by atoms with van der Waals surface area (Å²) in [5, 5.41) is 5.81. The van der Waals surface area contributed by atoms with Crippen molar-refractivity contribution in [2.75, 3.05) is 25.3 Å². The normalized spacial score (nSPS) is 13.9. The molecule has 138 valence electrons. The van der Waals surface area contributed by atoms with Crippen LogP contribution >= 0.6 is 11.3 Å². The minimum atomic E-state index is -0.483. The summed E-state index contributed by atoms with van der Waals surface area (Å²) in [6.07, 6.45) is 4.25. The molecule has 0 N–H and O–H groups in total. The third-order valence-electron chi connectivity index (χ3n) is 3.66. The van der Waals surface area contributed by atoms with E-state index in [-0.39, 0.29) is 5.76 Å². The van der Waals surface area contributed by atoms with E-state index in [1.165, 1.54) is 35.1 Å². The predicted molar refractivity (Wildman–Crippen MR) is 99.9 cm³/mol. The van der Waals surface area contributed by atoms with E-state index in [9.17, 15) is 4.79 Å². The monoisotopic (exact) mass is 385 g/mol. The van der Waals surface area contributed by atoms with Crippen molar-refractivity contribution in [2.45, 2.75) is 0 Å². The topological polar surface area (TPSA) is 86.4 Å². The fourth-order valence-electron chi connectivity index (χ4n) is 2.36. The van der Waals surface area contributed by atoms with E-state index >= 15 is 0 Å². The zero-order chi connectivity index (χ0) is 18.6. The van der Waals surface area contributed by atoms with E-state index in [2.05, 4.69) is 10.1 Å². The second-order valence-electron chi connectivity index (χ2n) is 5.41. The molecule has 1 aliphatic rings. The number of hydrogen-bond donors (Lipinski definition) is 0. The van der Waals surface area contributed by atoms with Crippen LogP contribution in [0.2, 0.25) is 0 Å². The highest BCUT2D eigenvalue weighted by Crippen LogP contribution is 2.32. The molecule has 0 atom stereocenters. The van der Waals surface area contributed by atoms with Crippen molar-refractivity contribution in [1.82, 2.24) is 4.98 Å². The molecule has 9 heteroatoms. The Labute approximate surface area is 158 Å². The molecular weight excluding hydrogens is 370 g/mol. The standard InChI is InChI=1S/C18H15N3O5S/c1-23-12-4-5-14-16(9-12)27-18(20-14)21(19-10-13-3-2-6-25-13)17(22)15-11-24-7-8-26-15/h2-6,9-11H,7-8H2,1H3/b19-10+. The Morgan fingerprint density at radius 3 is 3.04 bits per heavy atom. The number of amides is 1. The third-order valence-corrected chi connectivity index (χ3v) is 4.66. The summed E-state index contributed by atoms with van der Waals surface area (Å²) < 4.78 is 21.9. The van der Waals surface area contributed by atoms with E-state index in [0.29, 0.717) is 29.9 Å². The van der Waals surface area contributed by atoms with Crippen molar-refractivity contribution >= 4 is 38.8 Å². The fourth-order valence-corrected chi connectivity index (χ4v) is 3.31. The molecule has 3 heterocycles. The highest BCUT2D eigenvalue weighted by molar-refractivity contribution is 7.22. The molecule has 27 heavy (non-hydrogen) atoms. The Morgan fingerprint density at radius 1 is 1.37 bits per heavy atom. The smallest absolute Gasteiger partial charge is 0.319 e. The molecule has 0 radical (unpaired) electrons. The lowest BCUT2D eigenvalue weighted by Crippen LogP contribution is -2.30. The lowest BCUT2D eigenvalue weighted by Gasteiger charge is -2.18. The van der Waals surface area contributed by atoms with Crippen LogP contribution in [0.1, 0.15) is 5.76 Å². The summed E-state index contributed by atoms with van der Waals surface area (Å²) in [5.41, 5.74) is 0.733. The van der Waals surface area contributed by atoms with Crippen molar-refractivity contribution in [3.8, 4) is 5.75 Å². The summed E-state index contributed by atoms with van der Waals surface area (Å²) in [6, 6.07) is 8.96. The molecule has 3 aromatic rings. The highest BCUT2D eigenvalue weighted by atomic mass is 32.1. The Kier molecular flexibility index (Phi) is 4.75. The first-order valence-electron chi connectivity index (χ1n) is 8.06. The Balaban J connectivity index is 1.72. The summed E-state index contributed by atoms with van der Waals surface area (Å²) in [6.45, 7) is 0.692. The number of hydrazone groups is 1. The van der Waals surface area contributed by atoms with Crippen LogP contribution in [0.5, 0.6) is 5.75 Å². The number of anilines is 1. The van der Waals surface area contributed by atoms with Crippen LogP contribution in [0.3, 0.4) is 0 Å². The van der Waals surface area contributed by atoms with E-state index < -0.39 is 5.91 Å². The summed E-state index contributed by atoms with van der Waals surface area (Å²) in [5.74, 6) is 0.796. The first kappa shape index (κ1) is 17.1. The van der Waals surface area contributed by atoms with Gasteiger partial charge < -0.3 is 18.6 Å². The van der Waals surface area contributed by atoms with Gasteiger partial charge in [-0.25, -0.2) is 4.98 Å². The summed E-state index contributed by atoms with van der Waals surface area (Å²) in [4.78, 5) is 17.4. The van der Waals surface area contributed by atoms with Gasteiger partial charge in [-0.15, -0.1) is 0 Å². The molecule has 2 aromatic heterocycles. The van der Waals surface area contributed by atoms with Crippen molar-refractivity contribution in [1.29, 1.82) is 0 Å². The van der Waals surface area contributed by atoms with Gasteiger partial charge in [0.2, 0.25) is 10.9 Å². The molecule has 0 aliphatic carbocycles. The number of hydrogen-bond acceptors (Lipinski definition) is 8. The zero-order valence-electron chi connectivity index (χ0n) is 14.3. The number of ether oxygens (including phenoxy) is 3. The fraction of sp³-hybridized carbons (Fsp3) is 0.167. The quantitative estimate of drug-likeness (QED) is 0.495. The van der Waals surface area contributed by atoms with E-state index in [1.807, 2.05) is 18.2 Å². The van der Waals surface area contributed by atoms with Gasteiger partial charge >= 0.3 is 5.91 Å². The van der Waals surface area contributed by atoms with Gasteiger partial charge in [0.15, 0.2) is 0 Å². The number of furan rings is 1. The summed E-state index contributed by atoms with van der Waals surface area (Å²) in [7, 11) is 1.60. The lowest BCUT2D eigenvalue weighted by molar-refractivity contribution is -0.119. The highest BCUT2D eigenvalue weighted by Gasteiger charge is 2.26. The number of nitrogens with zero attached hydrogens (tertiary/aromatic N) is 3. The number of thiazole rings is 1. The summed E-state index contributed by atoms with van der Waals surface area (Å²) >= 11 is 1.31. The van der Waals surface area contributed by atoms with Crippen LogP contribution in [0, 0.1) is 0 Å². The molecule has 0 saturated heterocycles. The molecule has 8 nitrogen and oxygen atoms in total. The molecule has 1 amide bonds. The van der Waals surface area contributed by atoms with E-state index in [4.69, 9.17) is 18.6 Å². The minimum absolute atomic E-state index is 0.0645. The molecule has 4 rings (SSSR count). The predicted octanol–water partition coefficient (Wildman–Crippen LogP) is 3.15. The first-order valence-corrected chi connectivity index (χ1v) is 8.87. The van der Waals surface area contributed by atoms with Gasteiger partial charge in [-0.05, 0) is 30.3 Å². The maximum absolute atomic E-state index is 12.9. The molecule has 1 aromatic carbocycles. The van der Waals surface area contributed by atoms with Crippen LogP contribution in [0.4, 0.5) is 5.13 Å². The van der Waals surface area contributed by atoms with Crippen molar-refractivity contribution in [3.05, 3.63) is 54.4 Å². The number of benzene rings is 1. The lowest BCUT2D eigenvalue weighted by atomic mass is 10.3. The van der Waals surface area contributed by atoms with E-state index in [0.717, 1.165) is 10.2 Å². The number of fused-ring (bicyclic) bond motifs is 1. The van der Waals surface area contributed by atoms with Crippen molar-refractivity contribution < 1.29 is 23.4 Å². The molecule has 0 unspecified atom stereocenters. The van der Waals surface area contributed by atoms with Crippen LogP contribution in [-0.2, 0) is 14.3 Å². The minimum Gasteiger partial charge on any atom is -0.497 e. The van der Waals surface area contributed by atoms with Crippen molar-refractivity contribution in [3.63, 3.8) is 0 Å². The SMILES string of the molecule is COc1ccc2nc(N(/N=C/c3ccco3)C(=O)C3=COCCO3)sc2c1. The van der Waals surface area contributed by atoms with Gasteiger partial charge in [-0.1, -0.05) is 11.3 Å². The number of aromatic nitrogens is 1. The van der Waals surface area contributed by atoms with Gasteiger partial charge in [0.1, 0.15) is 31.0 Å². The first-order chi connectivity index (χ1) is 13.2. The Bertz CT molecular complexity index is 1010. The van der Waals surface area contributed by atoms with Gasteiger partial charge in [0.25, 0.3) is 0 Å². The Morgan fingerprint density at radius 2 is 2.30 bits per heavy atom. The van der Waals surface area contributed by atoms with Gasteiger partial charge in [0.05, 0.1) is 29.8 Å². The molecule has 0 spiro atoms. The molecule has 0 bridgehead atoms. The second kappa shape index (κ2) is 7.50. The van der Waals surface area contributed by atoms with Gasteiger partial charge in [-0.3, -0.25) is 4.79 Å². The molecular formula is C18H15N3O5S. The van der Waals surface area contributed by atoms with Crippen molar-refractivity contribution in [2.24, 2.45) is 5.10 Å². The van der Waals surface area contributed by atoms with Gasteiger partial charge in [0, 0.05) is 0 Å². The average molecular weight is 385 g/mol. The number of methoxy groups -OCH3 is 1. The number of carbonyl (C=O) groups excluding carboxylic acids is 1. The van der Waals surface area contributed by atoms with Crippen LogP contribution in [0.15, 0.2) is 58.1 Å². The van der Waals surface area contributed by atoms with Crippen LogP contribution < -0.4 is 9.75 Å². The average Bonchev–Trinajstić information content (AvgIpc) is 3.37. The second-order valence-corrected chi connectivity index (χ2v) is 6.42. The number of carbonyl (C=O) groups is 1. The molecule has 1 aliphatic heterocycles. The molecule has 0 saturated carbocycles. The largest absolute Gasteiger partial charge is 0.497 e. The van der Waals surface area contributed by atoms with Gasteiger partial charge in [-0.2, -0.15) is 10.1 Å². The Hall–Kier alpha value is -3.33. The third kappa shape index (κ3) is 3.63. The molecule has 0 fully saturated rings.